The fourth-order valence-electron chi connectivity index (χ4n) is 4.00. The van der Waals surface area contributed by atoms with E-state index in [0.29, 0.717) is 26.2 Å². The van der Waals surface area contributed by atoms with E-state index in [-0.39, 0.29) is 17.9 Å². The number of nitrogens with zero attached hydrogens (tertiary/aromatic N) is 4. The predicted octanol–water partition coefficient (Wildman–Crippen LogP) is 1.19. The molecular formula is C21H32N4O2. The molecule has 0 aliphatic carbocycles. The van der Waals surface area contributed by atoms with Gasteiger partial charge in [0.15, 0.2) is 0 Å². The molecule has 0 saturated carbocycles. The van der Waals surface area contributed by atoms with Crippen LogP contribution in [0.3, 0.4) is 0 Å². The third-order valence-corrected chi connectivity index (χ3v) is 6.00. The Kier molecular flexibility index (Phi) is 6.50. The first-order valence-electron chi connectivity index (χ1n) is 10.0. The van der Waals surface area contributed by atoms with Crippen molar-refractivity contribution in [3.05, 3.63) is 35.4 Å². The van der Waals surface area contributed by atoms with Gasteiger partial charge in [-0.15, -0.1) is 0 Å². The summed E-state index contributed by atoms with van der Waals surface area (Å²) in [7, 11) is 0. The van der Waals surface area contributed by atoms with Crippen LogP contribution in [0.15, 0.2) is 24.3 Å². The fraction of sp³-hybridized carbons (Fsp3) is 0.619. The zero-order chi connectivity index (χ0) is 19.4. The summed E-state index contributed by atoms with van der Waals surface area (Å²) < 4.78 is 0. The van der Waals surface area contributed by atoms with Gasteiger partial charge in [-0.1, -0.05) is 24.3 Å². The summed E-state index contributed by atoms with van der Waals surface area (Å²) >= 11 is 0. The van der Waals surface area contributed by atoms with E-state index in [2.05, 4.69) is 41.0 Å². The molecule has 148 valence electrons. The van der Waals surface area contributed by atoms with Gasteiger partial charge in [0.25, 0.3) is 0 Å². The molecule has 2 heterocycles. The summed E-state index contributed by atoms with van der Waals surface area (Å²) in [6, 6.07) is 8.47. The summed E-state index contributed by atoms with van der Waals surface area (Å²) in [6.07, 6.45) is 0. The lowest BCUT2D eigenvalue weighted by Gasteiger charge is -2.41. The predicted molar refractivity (Wildman–Crippen MR) is 106 cm³/mol. The van der Waals surface area contributed by atoms with Gasteiger partial charge in [0.2, 0.25) is 11.8 Å². The molecule has 1 atom stereocenters. The van der Waals surface area contributed by atoms with E-state index in [1.165, 1.54) is 11.1 Å². The van der Waals surface area contributed by atoms with E-state index < -0.39 is 0 Å². The van der Waals surface area contributed by atoms with Crippen molar-refractivity contribution in [2.45, 2.75) is 33.4 Å². The minimum Gasteiger partial charge on any atom is -0.339 e. The third-order valence-electron chi connectivity index (χ3n) is 6.00. The van der Waals surface area contributed by atoms with Gasteiger partial charge in [0.1, 0.15) is 0 Å². The standard InChI is InChI=1S/C21H32N4O2/c1-17-6-4-5-7-20(17)16-22-8-10-23(11-9-22)18(2)21(27)25-14-12-24(13-15-25)19(3)26/h4-7,18H,8-16H2,1-3H3. The second-order valence-electron chi connectivity index (χ2n) is 7.75. The van der Waals surface area contributed by atoms with Gasteiger partial charge < -0.3 is 9.80 Å². The maximum atomic E-state index is 12.9. The van der Waals surface area contributed by atoms with Crippen molar-refractivity contribution in [2.75, 3.05) is 52.4 Å². The molecule has 27 heavy (non-hydrogen) atoms. The third kappa shape index (κ3) is 4.87. The lowest BCUT2D eigenvalue weighted by molar-refractivity contribution is -0.142. The zero-order valence-electron chi connectivity index (χ0n) is 16.9. The number of benzene rings is 1. The molecule has 2 amide bonds. The highest BCUT2D eigenvalue weighted by Crippen LogP contribution is 2.15. The molecule has 2 aliphatic rings. The van der Waals surface area contributed by atoms with Crippen molar-refractivity contribution in [2.24, 2.45) is 0 Å². The summed E-state index contributed by atoms with van der Waals surface area (Å²) in [6.45, 7) is 13.2. The number of hydrogen-bond acceptors (Lipinski definition) is 4. The molecular weight excluding hydrogens is 340 g/mol. The molecule has 0 spiro atoms. The maximum absolute atomic E-state index is 12.9. The van der Waals surface area contributed by atoms with Gasteiger partial charge in [0, 0.05) is 65.8 Å². The minimum absolute atomic E-state index is 0.0884. The van der Waals surface area contributed by atoms with Crippen LogP contribution in [0.5, 0.6) is 0 Å². The summed E-state index contributed by atoms with van der Waals surface area (Å²) in [5.41, 5.74) is 2.73. The summed E-state index contributed by atoms with van der Waals surface area (Å²) in [5, 5.41) is 0. The quantitative estimate of drug-likeness (QED) is 0.797. The van der Waals surface area contributed by atoms with Crippen LogP contribution in [-0.4, -0.2) is 89.8 Å². The highest BCUT2D eigenvalue weighted by atomic mass is 16.2. The number of carbonyl (C=O) groups is 2. The first-order chi connectivity index (χ1) is 13.0. The molecule has 6 heteroatoms. The molecule has 2 fully saturated rings. The Hall–Kier alpha value is -1.92. The average molecular weight is 373 g/mol. The number of aryl methyl sites for hydroxylation is 1. The van der Waals surface area contributed by atoms with E-state index in [1.54, 1.807) is 6.92 Å². The van der Waals surface area contributed by atoms with E-state index >= 15 is 0 Å². The summed E-state index contributed by atoms with van der Waals surface area (Å²) in [5.74, 6) is 0.297. The van der Waals surface area contributed by atoms with Crippen molar-refractivity contribution in [3.63, 3.8) is 0 Å². The van der Waals surface area contributed by atoms with Crippen molar-refractivity contribution < 1.29 is 9.59 Å². The number of amides is 2. The zero-order valence-corrected chi connectivity index (χ0v) is 16.9. The fourth-order valence-corrected chi connectivity index (χ4v) is 4.00. The van der Waals surface area contributed by atoms with Crippen molar-refractivity contribution in [1.82, 2.24) is 19.6 Å². The Morgan fingerprint density at radius 2 is 1.52 bits per heavy atom. The summed E-state index contributed by atoms with van der Waals surface area (Å²) in [4.78, 5) is 32.8. The maximum Gasteiger partial charge on any atom is 0.239 e. The van der Waals surface area contributed by atoms with Crippen LogP contribution in [-0.2, 0) is 16.1 Å². The van der Waals surface area contributed by atoms with Gasteiger partial charge >= 0.3 is 0 Å². The molecule has 1 aromatic rings. The monoisotopic (exact) mass is 372 g/mol. The van der Waals surface area contributed by atoms with Crippen molar-refractivity contribution in [3.8, 4) is 0 Å². The van der Waals surface area contributed by atoms with Crippen molar-refractivity contribution >= 4 is 11.8 Å². The molecule has 6 nitrogen and oxygen atoms in total. The van der Waals surface area contributed by atoms with E-state index in [9.17, 15) is 9.59 Å². The van der Waals surface area contributed by atoms with Gasteiger partial charge in [-0.2, -0.15) is 0 Å². The highest BCUT2D eigenvalue weighted by molar-refractivity contribution is 5.82. The first-order valence-corrected chi connectivity index (χ1v) is 10.0. The molecule has 0 N–H and O–H groups in total. The Bertz CT molecular complexity index is 662. The lowest BCUT2D eigenvalue weighted by atomic mass is 10.1. The van der Waals surface area contributed by atoms with Gasteiger partial charge in [-0.3, -0.25) is 19.4 Å². The topological polar surface area (TPSA) is 47.1 Å². The Balaban J connectivity index is 1.47. The smallest absolute Gasteiger partial charge is 0.239 e. The molecule has 0 radical (unpaired) electrons. The normalized spacial score (nSPS) is 20.6. The number of rotatable bonds is 4. The van der Waals surface area contributed by atoms with Crippen LogP contribution in [0, 0.1) is 6.92 Å². The van der Waals surface area contributed by atoms with E-state index in [0.717, 1.165) is 32.7 Å². The van der Waals surface area contributed by atoms with E-state index in [4.69, 9.17) is 0 Å². The lowest BCUT2D eigenvalue weighted by Crippen LogP contribution is -2.57. The molecule has 2 saturated heterocycles. The molecule has 1 aromatic carbocycles. The Morgan fingerprint density at radius 1 is 0.926 bits per heavy atom. The number of carbonyl (C=O) groups excluding carboxylic acids is 2. The van der Waals surface area contributed by atoms with Gasteiger partial charge in [-0.05, 0) is 25.0 Å². The average Bonchev–Trinajstić information content (AvgIpc) is 2.69. The van der Waals surface area contributed by atoms with E-state index in [1.807, 2.05) is 16.7 Å². The van der Waals surface area contributed by atoms with Crippen LogP contribution in [0.4, 0.5) is 0 Å². The van der Waals surface area contributed by atoms with Gasteiger partial charge in [-0.25, -0.2) is 0 Å². The van der Waals surface area contributed by atoms with Crippen LogP contribution in [0.1, 0.15) is 25.0 Å². The minimum atomic E-state index is -0.0884. The molecule has 1 unspecified atom stereocenters. The molecule has 3 rings (SSSR count). The van der Waals surface area contributed by atoms with Crippen LogP contribution >= 0.6 is 0 Å². The second kappa shape index (κ2) is 8.85. The number of piperazine rings is 2. The van der Waals surface area contributed by atoms with Gasteiger partial charge in [0.05, 0.1) is 6.04 Å². The van der Waals surface area contributed by atoms with Crippen LogP contribution in [0.25, 0.3) is 0 Å². The largest absolute Gasteiger partial charge is 0.339 e. The van der Waals surface area contributed by atoms with Crippen LogP contribution in [0.2, 0.25) is 0 Å². The number of hydrogen-bond donors (Lipinski definition) is 0. The molecule has 2 aliphatic heterocycles. The Labute approximate surface area is 162 Å². The van der Waals surface area contributed by atoms with Crippen molar-refractivity contribution in [1.29, 1.82) is 0 Å². The highest BCUT2D eigenvalue weighted by Gasteiger charge is 2.30. The SMILES string of the molecule is CC(=O)N1CCN(C(=O)C(C)N2CCN(Cc3ccccc3C)CC2)CC1. The molecule has 0 aromatic heterocycles. The first kappa shape index (κ1) is 19.8. The molecule has 0 bridgehead atoms. The van der Waals surface area contributed by atoms with Crippen LogP contribution < -0.4 is 0 Å². The Morgan fingerprint density at radius 3 is 2.11 bits per heavy atom. The second-order valence-corrected chi connectivity index (χ2v) is 7.75.